The number of halogens is 1. The molecule has 0 aliphatic rings. The third-order valence-corrected chi connectivity index (χ3v) is 4.99. The zero-order valence-corrected chi connectivity index (χ0v) is 18.6. The summed E-state index contributed by atoms with van der Waals surface area (Å²) in [5.41, 5.74) is 2.58. The lowest BCUT2D eigenvalue weighted by Gasteiger charge is -2.14. The zero-order chi connectivity index (χ0) is 23.8. The molecule has 7 heteroatoms. The number of benzene rings is 3. The lowest BCUT2D eigenvalue weighted by molar-refractivity contribution is -0.117. The van der Waals surface area contributed by atoms with E-state index in [0.29, 0.717) is 22.7 Å². The van der Waals surface area contributed by atoms with Gasteiger partial charge in [0.2, 0.25) is 5.91 Å². The van der Waals surface area contributed by atoms with Crippen molar-refractivity contribution in [2.24, 2.45) is 0 Å². The average Bonchev–Trinajstić information content (AvgIpc) is 2.83. The van der Waals surface area contributed by atoms with E-state index in [1.165, 1.54) is 30.3 Å². The van der Waals surface area contributed by atoms with Crippen LogP contribution >= 0.6 is 0 Å². The Balaban J connectivity index is 1.58. The first-order chi connectivity index (χ1) is 15.9. The van der Waals surface area contributed by atoms with Gasteiger partial charge in [0.05, 0.1) is 20.3 Å². The fraction of sp³-hybridized carbons (Fsp3) is 0.154. The molecular weight excluding hydrogens is 423 g/mol. The van der Waals surface area contributed by atoms with Crippen molar-refractivity contribution in [1.29, 1.82) is 0 Å². The molecule has 0 aromatic heterocycles. The first-order valence-electron chi connectivity index (χ1n) is 10.3. The average molecular weight is 448 g/mol. The predicted molar refractivity (Wildman–Crippen MR) is 126 cm³/mol. The smallest absolute Gasteiger partial charge is 0.255 e. The molecule has 0 bridgehead atoms. The molecule has 170 valence electrons. The summed E-state index contributed by atoms with van der Waals surface area (Å²) >= 11 is 0. The first kappa shape index (κ1) is 23.5. The van der Waals surface area contributed by atoms with Crippen molar-refractivity contribution in [3.8, 4) is 11.5 Å². The van der Waals surface area contributed by atoms with Crippen LogP contribution in [0.15, 0.2) is 72.8 Å². The van der Waals surface area contributed by atoms with Crippen LogP contribution in [0.1, 0.15) is 34.5 Å². The number of carbonyl (C=O) groups is 2. The molecule has 0 fully saturated rings. The molecule has 3 rings (SSSR count). The Bertz CT molecular complexity index is 1140. The molecule has 2 N–H and O–H groups in total. The van der Waals surface area contributed by atoms with E-state index in [4.69, 9.17) is 9.47 Å². The number of hydrogen-bond acceptors (Lipinski definition) is 4. The highest BCUT2D eigenvalue weighted by Gasteiger charge is 2.10. The van der Waals surface area contributed by atoms with Crippen molar-refractivity contribution in [2.45, 2.75) is 13.0 Å². The Labute approximate surface area is 192 Å². The maximum absolute atomic E-state index is 13.0. The minimum Gasteiger partial charge on any atom is -0.497 e. The molecule has 1 atom stereocenters. The molecular formula is C26H25FN2O4. The van der Waals surface area contributed by atoms with Gasteiger partial charge in [0.15, 0.2) is 0 Å². The fourth-order valence-electron chi connectivity index (χ4n) is 3.13. The van der Waals surface area contributed by atoms with Crippen LogP contribution < -0.4 is 20.1 Å². The lowest BCUT2D eigenvalue weighted by atomic mass is 10.1. The van der Waals surface area contributed by atoms with E-state index in [1.54, 1.807) is 44.6 Å². The molecule has 0 heterocycles. The van der Waals surface area contributed by atoms with Gasteiger partial charge in [-0.3, -0.25) is 9.59 Å². The van der Waals surface area contributed by atoms with Crippen molar-refractivity contribution >= 4 is 23.6 Å². The Kier molecular flexibility index (Phi) is 7.81. The number of anilines is 1. The minimum absolute atomic E-state index is 0.248. The summed E-state index contributed by atoms with van der Waals surface area (Å²) in [7, 11) is 3.13. The lowest BCUT2D eigenvalue weighted by Crippen LogP contribution is -2.24. The van der Waals surface area contributed by atoms with Crippen molar-refractivity contribution < 1.29 is 23.5 Å². The summed E-state index contributed by atoms with van der Waals surface area (Å²) in [5.74, 6) is 0.284. The number of carbonyl (C=O) groups excluding carboxylic acids is 2. The second kappa shape index (κ2) is 10.9. The molecule has 0 radical (unpaired) electrons. The molecule has 0 saturated heterocycles. The number of ether oxygens (including phenoxy) is 2. The fourth-order valence-corrected chi connectivity index (χ4v) is 3.13. The van der Waals surface area contributed by atoms with Crippen molar-refractivity contribution in [2.75, 3.05) is 19.5 Å². The van der Waals surface area contributed by atoms with Crippen LogP contribution in [-0.4, -0.2) is 26.0 Å². The zero-order valence-electron chi connectivity index (χ0n) is 18.6. The maximum atomic E-state index is 13.0. The van der Waals surface area contributed by atoms with E-state index in [2.05, 4.69) is 10.6 Å². The van der Waals surface area contributed by atoms with E-state index in [-0.39, 0.29) is 17.9 Å². The molecule has 2 amide bonds. The highest BCUT2D eigenvalue weighted by Crippen LogP contribution is 2.25. The van der Waals surface area contributed by atoms with E-state index < -0.39 is 5.82 Å². The van der Waals surface area contributed by atoms with Crippen molar-refractivity contribution in [1.82, 2.24) is 5.32 Å². The Morgan fingerprint density at radius 2 is 1.64 bits per heavy atom. The summed E-state index contributed by atoms with van der Waals surface area (Å²) in [6.45, 7) is 1.87. The normalized spacial score (nSPS) is 11.6. The Hall–Kier alpha value is -4.13. The van der Waals surface area contributed by atoms with Crippen LogP contribution in [0.2, 0.25) is 0 Å². The number of rotatable bonds is 8. The SMILES string of the molecule is COc1ccc(/C=C/C(=O)NC(C)c2ccc(NC(=O)c3ccc(F)cc3)cc2)c(OC)c1. The van der Waals surface area contributed by atoms with Gasteiger partial charge in [-0.25, -0.2) is 4.39 Å². The third kappa shape index (κ3) is 6.43. The topological polar surface area (TPSA) is 76.7 Å². The minimum atomic E-state index is -0.398. The quantitative estimate of drug-likeness (QED) is 0.476. The third-order valence-electron chi connectivity index (χ3n) is 4.99. The summed E-state index contributed by atoms with van der Waals surface area (Å²) in [4.78, 5) is 24.6. The van der Waals surface area contributed by atoms with Crippen LogP contribution in [0, 0.1) is 5.82 Å². The summed E-state index contributed by atoms with van der Waals surface area (Å²) in [6, 6.07) is 17.6. The van der Waals surface area contributed by atoms with Gasteiger partial charge in [-0.15, -0.1) is 0 Å². The van der Waals surface area contributed by atoms with Gasteiger partial charge in [-0.2, -0.15) is 0 Å². The highest BCUT2D eigenvalue weighted by molar-refractivity contribution is 6.04. The molecule has 3 aromatic carbocycles. The van der Waals surface area contributed by atoms with Gasteiger partial charge in [0.25, 0.3) is 5.91 Å². The Morgan fingerprint density at radius 1 is 0.939 bits per heavy atom. The maximum Gasteiger partial charge on any atom is 0.255 e. The highest BCUT2D eigenvalue weighted by atomic mass is 19.1. The summed E-state index contributed by atoms with van der Waals surface area (Å²) in [6.07, 6.45) is 3.12. The molecule has 0 aliphatic heterocycles. The Morgan fingerprint density at radius 3 is 2.27 bits per heavy atom. The monoisotopic (exact) mass is 448 g/mol. The summed E-state index contributed by atoms with van der Waals surface area (Å²) in [5, 5.41) is 5.67. The predicted octanol–water partition coefficient (Wildman–Crippen LogP) is 4.99. The van der Waals surface area contributed by atoms with Crippen LogP contribution in [-0.2, 0) is 4.79 Å². The van der Waals surface area contributed by atoms with Gasteiger partial charge in [0.1, 0.15) is 17.3 Å². The van der Waals surface area contributed by atoms with Crippen molar-refractivity contribution in [3.05, 3.63) is 95.3 Å². The standard InChI is InChI=1S/C26H25FN2O4/c1-17(28-25(30)15-9-19-8-14-23(32-2)16-24(19)33-3)18-6-12-22(13-7-18)29-26(31)20-4-10-21(27)11-5-20/h4-17H,1-3H3,(H,28,30)(H,29,31)/b15-9+. The summed E-state index contributed by atoms with van der Waals surface area (Å²) < 4.78 is 23.5. The number of methoxy groups -OCH3 is 2. The molecule has 3 aromatic rings. The number of hydrogen-bond donors (Lipinski definition) is 2. The van der Waals surface area contributed by atoms with E-state index in [0.717, 1.165) is 11.1 Å². The van der Waals surface area contributed by atoms with E-state index in [1.807, 2.05) is 25.1 Å². The molecule has 6 nitrogen and oxygen atoms in total. The molecule has 0 saturated carbocycles. The largest absolute Gasteiger partial charge is 0.497 e. The molecule has 33 heavy (non-hydrogen) atoms. The van der Waals surface area contributed by atoms with Crippen LogP contribution in [0.4, 0.5) is 10.1 Å². The van der Waals surface area contributed by atoms with E-state index >= 15 is 0 Å². The molecule has 0 spiro atoms. The van der Waals surface area contributed by atoms with Crippen LogP contribution in [0.5, 0.6) is 11.5 Å². The van der Waals surface area contributed by atoms with E-state index in [9.17, 15) is 14.0 Å². The van der Waals surface area contributed by atoms with Gasteiger partial charge < -0.3 is 20.1 Å². The van der Waals surface area contributed by atoms with Crippen LogP contribution in [0.3, 0.4) is 0 Å². The second-order valence-corrected chi connectivity index (χ2v) is 7.25. The molecule has 0 aliphatic carbocycles. The second-order valence-electron chi connectivity index (χ2n) is 7.25. The van der Waals surface area contributed by atoms with Gasteiger partial charge >= 0.3 is 0 Å². The van der Waals surface area contributed by atoms with Crippen molar-refractivity contribution in [3.63, 3.8) is 0 Å². The van der Waals surface area contributed by atoms with Gasteiger partial charge in [0, 0.05) is 29.0 Å². The van der Waals surface area contributed by atoms with Gasteiger partial charge in [-0.1, -0.05) is 12.1 Å². The van der Waals surface area contributed by atoms with Crippen LogP contribution in [0.25, 0.3) is 6.08 Å². The number of amides is 2. The van der Waals surface area contributed by atoms with Gasteiger partial charge in [-0.05, 0) is 67.1 Å². The number of nitrogens with one attached hydrogen (secondary N) is 2. The molecule has 1 unspecified atom stereocenters. The first-order valence-corrected chi connectivity index (χ1v) is 10.3.